The molecule has 2 heterocycles. The Morgan fingerprint density at radius 2 is 2.10 bits per heavy atom. The molecule has 1 aromatic heterocycles. The summed E-state index contributed by atoms with van der Waals surface area (Å²) < 4.78 is 13.8. The lowest BCUT2D eigenvalue weighted by Crippen LogP contribution is -2.23. The lowest BCUT2D eigenvalue weighted by Gasteiger charge is -2.25. The van der Waals surface area contributed by atoms with Gasteiger partial charge in [-0.1, -0.05) is 17.7 Å². The monoisotopic (exact) mass is 330 g/mol. The lowest BCUT2D eigenvalue weighted by molar-refractivity contribution is 0.459. The summed E-state index contributed by atoms with van der Waals surface area (Å²) in [5.41, 5.74) is 1.91. The quantitative estimate of drug-likeness (QED) is 0.806. The van der Waals surface area contributed by atoms with Crippen LogP contribution in [0.2, 0.25) is 5.02 Å². The number of imidazole rings is 1. The van der Waals surface area contributed by atoms with E-state index in [2.05, 4.69) is 9.55 Å². The van der Waals surface area contributed by atoms with Gasteiger partial charge >= 0.3 is 0 Å². The number of aryl methyl sites for hydroxylation is 1. The van der Waals surface area contributed by atoms with Crippen molar-refractivity contribution in [2.24, 2.45) is 0 Å². The summed E-state index contributed by atoms with van der Waals surface area (Å²) in [6.07, 6.45) is 2.56. The van der Waals surface area contributed by atoms with Crippen molar-refractivity contribution in [2.45, 2.75) is 25.3 Å². The normalized spacial score (nSPS) is 23.3. The van der Waals surface area contributed by atoms with E-state index in [1.165, 1.54) is 0 Å². The van der Waals surface area contributed by atoms with E-state index < -0.39 is 10.8 Å². The van der Waals surface area contributed by atoms with E-state index in [0.29, 0.717) is 11.9 Å². The molecule has 1 saturated heterocycles. The van der Waals surface area contributed by atoms with Gasteiger partial charge in [-0.25, -0.2) is 4.98 Å². The van der Waals surface area contributed by atoms with Crippen LogP contribution in [0.25, 0.3) is 11.0 Å². The topological polar surface area (TPSA) is 34.9 Å². The minimum absolute atomic E-state index is 0.329. The summed E-state index contributed by atoms with van der Waals surface area (Å²) in [4.78, 5) is 4.68. The molecule has 3 nitrogen and oxygen atoms in total. The van der Waals surface area contributed by atoms with Gasteiger partial charge in [-0.2, -0.15) is 0 Å². The number of halogens is 2. The van der Waals surface area contributed by atoms with Gasteiger partial charge in [0.2, 0.25) is 0 Å². The number of rotatable bonds is 3. The van der Waals surface area contributed by atoms with Crippen LogP contribution in [0.5, 0.6) is 0 Å². The first-order valence-corrected chi connectivity index (χ1v) is 9.17. The first-order valence-electron chi connectivity index (χ1n) is 6.77. The number of para-hydroxylation sites is 1. The van der Waals surface area contributed by atoms with Crippen LogP contribution in [0, 0.1) is 0 Å². The molecular formula is C14H16Cl2N2OS. The fourth-order valence-electron chi connectivity index (χ4n) is 2.85. The molecule has 1 fully saturated rings. The van der Waals surface area contributed by atoms with Crippen molar-refractivity contribution in [1.29, 1.82) is 0 Å². The van der Waals surface area contributed by atoms with Gasteiger partial charge in [0.05, 0.1) is 16.1 Å². The number of fused-ring (bicyclic) bond motifs is 1. The van der Waals surface area contributed by atoms with Gasteiger partial charge in [-0.05, 0) is 25.0 Å². The Labute approximate surface area is 130 Å². The maximum absolute atomic E-state index is 11.6. The maximum Gasteiger partial charge on any atom is 0.111 e. The molecule has 0 unspecified atom stereocenters. The Morgan fingerprint density at radius 3 is 2.80 bits per heavy atom. The highest BCUT2D eigenvalue weighted by molar-refractivity contribution is 7.85. The number of hydrogen-bond acceptors (Lipinski definition) is 2. The predicted octanol–water partition coefficient (Wildman–Crippen LogP) is 3.55. The number of alkyl halides is 1. The lowest BCUT2D eigenvalue weighted by atomic mass is 10.1. The van der Waals surface area contributed by atoms with Gasteiger partial charge in [-0.3, -0.25) is 4.21 Å². The zero-order valence-corrected chi connectivity index (χ0v) is 13.3. The summed E-state index contributed by atoms with van der Waals surface area (Å²) in [5, 5.41) is 0.725. The minimum Gasteiger partial charge on any atom is -0.324 e. The van der Waals surface area contributed by atoms with Crippen LogP contribution in [-0.2, 0) is 17.2 Å². The Bertz CT molecular complexity index is 646. The molecule has 1 aliphatic heterocycles. The van der Waals surface area contributed by atoms with E-state index in [4.69, 9.17) is 23.2 Å². The third kappa shape index (κ3) is 2.61. The van der Waals surface area contributed by atoms with Crippen molar-refractivity contribution < 1.29 is 4.21 Å². The summed E-state index contributed by atoms with van der Waals surface area (Å²) in [6, 6.07) is 6.13. The van der Waals surface area contributed by atoms with Gasteiger partial charge < -0.3 is 4.57 Å². The molecule has 0 spiro atoms. The first kappa shape index (κ1) is 14.4. The molecule has 0 N–H and O–H groups in total. The second-order valence-corrected chi connectivity index (χ2v) is 7.51. The molecule has 1 aliphatic rings. The standard InChI is InChI=1S/C14H16Cl2N2OS/c15-7-4-13-17-12-3-1-2-11(16)14(12)18(13)10-5-8-20(19)9-6-10/h1-3,10H,4-9H2. The number of hydrogen-bond donors (Lipinski definition) is 0. The highest BCUT2D eigenvalue weighted by atomic mass is 35.5. The zero-order valence-electron chi connectivity index (χ0n) is 11.0. The average Bonchev–Trinajstić information content (AvgIpc) is 2.80. The van der Waals surface area contributed by atoms with E-state index in [1.807, 2.05) is 18.2 Å². The van der Waals surface area contributed by atoms with E-state index in [9.17, 15) is 4.21 Å². The second kappa shape index (κ2) is 6.04. The second-order valence-electron chi connectivity index (χ2n) is 5.02. The number of aromatic nitrogens is 2. The molecule has 20 heavy (non-hydrogen) atoms. The Balaban J connectivity index is 2.10. The summed E-state index contributed by atoms with van der Waals surface area (Å²) in [6.45, 7) is 0. The maximum atomic E-state index is 11.6. The van der Waals surface area contributed by atoms with Crippen molar-refractivity contribution in [3.8, 4) is 0 Å². The third-order valence-corrected chi connectivity index (χ3v) is 5.65. The third-order valence-electron chi connectivity index (χ3n) is 3.77. The fraction of sp³-hybridized carbons (Fsp3) is 0.500. The fourth-order valence-corrected chi connectivity index (χ4v) is 4.55. The summed E-state index contributed by atoms with van der Waals surface area (Å²) in [5.74, 6) is 3.05. The van der Waals surface area contributed by atoms with Crippen LogP contribution < -0.4 is 0 Å². The highest BCUT2D eigenvalue weighted by Gasteiger charge is 2.24. The predicted molar refractivity (Wildman–Crippen MR) is 85.3 cm³/mol. The smallest absolute Gasteiger partial charge is 0.111 e. The average molecular weight is 331 g/mol. The van der Waals surface area contributed by atoms with Crippen LogP contribution in [-0.4, -0.2) is 31.1 Å². The van der Waals surface area contributed by atoms with E-state index in [1.54, 1.807) is 0 Å². The molecule has 6 heteroatoms. The van der Waals surface area contributed by atoms with E-state index in [-0.39, 0.29) is 0 Å². The van der Waals surface area contributed by atoms with Gasteiger partial charge in [0, 0.05) is 40.6 Å². The molecule has 0 aliphatic carbocycles. The van der Waals surface area contributed by atoms with Crippen LogP contribution in [0.3, 0.4) is 0 Å². The zero-order chi connectivity index (χ0) is 14.1. The summed E-state index contributed by atoms with van der Waals surface area (Å²) >= 11 is 12.3. The van der Waals surface area contributed by atoms with Crippen LogP contribution in [0.1, 0.15) is 24.7 Å². The van der Waals surface area contributed by atoms with Gasteiger partial charge in [-0.15, -0.1) is 11.6 Å². The van der Waals surface area contributed by atoms with Gasteiger partial charge in [0.25, 0.3) is 0 Å². The molecule has 1 aromatic carbocycles. The molecule has 0 atom stereocenters. The molecule has 0 saturated carbocycles. The Kier molecular flexibility index (Phi) is 4.34. The molecule has 0 radical (unpaired) electrons. The van der Waals surface area contributed by atoms with Crippen molar-refractivity contribution >= 4 is 45.0 Å². The van der Waals surface area contributed by atoms with Gasteiger partial charge in [0.1, 0.15) is 5.82 Å². The Hall–Kier alpha value is -0.580. The molecule has 108 valence electrons. The van der Waals surface area contributed by atoms with E-state index in [0.717, 1.165) is 52.6 Å². The highest BCUT2D eigenvalue weighted by Crippen LogP contribution is 2.32. The van der Waals surface area contributed by atoms with Crippen molar-refractivity contribution in [3.63, 3.8) is 0 Å². The summed E-state index contributed by atoms with van der Waals surface area (Å²) in [7, 11) is -0.665. The van der Waals surface area contributed by atoms with Crippen LogP contribution in [0.15, 0.2) is 18.2 Å². The van der Waals surface area contributed by atoms with Crippen molar-refractivity contribution in [2.75, 3.05) is 17.4 Å². The SMILES string of the molecule is O=S1CCC(n2c(CCCl)nc3cccc(Cl)c32)CC1. The molecule has 3 rings (SSSR count). The number of benzene rings is 1. The van der Waals surface area contributed by atoms with Crippen molar-refractivity contribution in [1.82, 2.24) is 9.55 Å². The van der Waals surface area contributed by atoms with Gasteiger partial charge in [0.15, 0.2) is 0 Å². The van der Waals surface area contributed by atoms with E-state index >= 15 is 0 Å². The van der Waals surface area contributed by atoms with Crippen LogP contribution in [0.4, 0.5) is 0 Å². The molecule has 0 bridgehead atoms. The number of nitrogens with zero attached hydrogens (tertiary/aromatic N) is 2. The van der Waals surface area contributed by atoms with Crippen molar-refractivity contribution in [3.05, 3.63) is 29.0 Å². The molecule has 0 amide bonds. The molecular weight excluding hydrogens is 315 g/mol. The van der Waals surface area contributed by atoms with Crippen LogP contribution >= 0.6 is 23.2 Å². The first-order chi connectivity index (χ1) is 9.70. The largest absolute Gasteiger partial charge is 0.324 e. The molecule has 2 aromatic rings. The Morgan fingerprint density at radius 1 is 1.35 bits per heavy atom. The minimum atomic E-state index is -0.665.